The summed E-state index contributed by atoms with van der Waals surface area (Å²) in [5, 5.41) is 9.36. The monoisotopic (exact) mass is 292 g/mol. The smallest absolute Gasteiger partial charge is 0.237 e. The summed E-state index contributed by atoms with van der Waals surface area (Å²) in [5.41, 5.74) is 3.06. The maximum atomic E-state index is 5.33. The third kappa shape index (κ3) is 2.19. The summed E-state index contributed by atoms with van der Waals surface area (Å²) in [6.07, 6.45) is 2.00. The Morgan fingerprint density at radius 3 is 2.95 bits per heavy atom. The van der Waals surface area contributed by atoms with Crippen LogP contribution in [0.15, 0.2) is 16.1 Å². The molecule has 0 saturated carbocycles. The second-order valence-electron chi connectivity index (χ2n) is 4.53. The first-order valence-electron chi connectivity index (χ1n) is 6.31. The lowest BCUT2D eigenvalue weighted by Crippen LogP contribution is -2.15. The Hall–Kier alpha value is -1.86. The highest BCUT2D eigenvalue weighted by molar-refractivity contribution is 7.15. The van der Waals surface area contributed by atoms with Gasteiger partial charge in [0.05, 0.1) is 12.8 Å². The zero-order valence-corrected chi connectivity index (χ0v) is 12.5. The maximum Gasteiger partial charge on any atom is 0.237 e. The van der Waals surface area contributed by atoms with Crippen molar-refractivity contribution in [1.82, 2.24) is 19.9 Å². The van der Waals surface area contributed by atoms with Crippen LogP contribution in [-0.2, 0) is 13.1 Å². The first-order valence-corrected chi connectivity index (χ1v) is 7.19. The van der Waals surface area contributed by atoms with E-state index in [4.69, 9.17) is 9.26 Å². The molecule has 3 rings (SSSR count). The van der Waals surface area contributed by atoms with Crippen molar-refractivity contribution in [3.8, 4) is 5.88 Å². The fourth-order valence-corrected chi connectivity index (χ4v) is 2.92. The summed E-state index contributed by atoms with van der Waals surface area (Å²) in [6, 6.07) is 0. The first kappa shape index (κ1) is 13.1. The number of thiazole rings is 1. The third-order valence-electron chi connectivity index (χ3n) is 3.29. The number of nitrogens with one attached hydrogen (secondary N) is 1. The highest BCUT2D eigenvalue weighted by Gasteiger charge is 2.14. The normalized spacial score (nSPS) is 11.3. The molecule has 0 spiro atoms. The lowest BCUT2D eigenvalue weighted by Gasteiger charge is -2.05. The molecular formula is C13H16N4O2S. The molecule has 1 N–H and O–H groups in total. The molecule has 0 aliphatic heterocycles. The van der Waals surface area contributed by atoms with Crippen molar-refractivity contribution in [1.29, 1.82) is 0 Å². The third-order valence-corrected chi connectivity index (χ3v) is 4.05. The molecule has 0 atom stereocenters. The molecule has 6 nitrogen and oxygen atoms in total. The number of fused-ring (bicyclic) bond motifs is 1. The van der Waals surface area contributed by atoms with Crippen LogP contribution in [0.1, 0.15) is 22.7 Å². The predicted molar refractivity (Wildman–Crippen MR) is 76.1 cm³/mol. The second-order valence-corrected chi connectivity index (χ2v) is 5.40. The Morgan fingerprint density at radius 2 is 2.25 bits per heavy atom. The van der Waals surface area contributed by atoms with Crippen LogP contribution in [-0.4, -0.2) is 21.7 Å². The van der Waals surface area contributed by atoms with Crippen molar-refractivity contribution in [3.05, 3.63) is 34.3 Å². The Bertz CT molecular complexity index is 708. The minimum absolute atomic E-state index is 0.670. The number of nitrogens with zero attached hydrogens (tertiary/aromatic N) is 3. The minimum Gasteiger partial charge on any atom is -0.480 e. The fraction of sp³-hybridized carbons (Fsp3) is 0.385. The van der Waals surface area contributed by atoms with E-state index in [1.54, 1.807) is 18.4 Å². The van der Waals surface area contributed by atoms with Crippen LogP contribution in [0.2, 0.25) is 0 Å². The first-order chi connectivity index (χ1) is 9.70. The van der Waals surface area contributed by atoms with Gasteiger partial charge in [0.1, 0.15) is 11.5 Å². The number of hydrogen-bond acceptors (Lipinski definition) is 6. The van der Waals surface area contributed by atoms with E-state index in [1.807, 2.05) is 29.8 Å². The molecular weight excluding hydrogens is 276 g/mol. The van der Waals surface area contributed by atoms with E-state index in [0.29, 0.717) is 19.0 Å². The minimum atomic E-state index is 0.670. The Kier molecular flexibility index (Phi) is 3.45. The molecule has 0 aliphatic rings. The lowest BCUT2D eigenvalue weighted by atomic mass is 10.2. The van der Waals surface area contributed by atoms with Crippen LogP contribution in [0, 0.1) is 13.8 Å². The van der Waals surface area contributed by atoms with Crippen LogP contribution in [0.5, 0.6) is 5.88 Å². The van der Waals surface area contributed by atoms with Crippen LogP contribution in [0.3, 0.4) is 0 Å². The van der Waals surface area contributed by atoms with E-state index < -0.39 is 0 Å². The van der Waals surface area contributed by atoms with E-state index in [0.717, 1.165) is 27.7 Å². The number of imidazole rings is 1. The van der Waals surface area contributed by atoms with Gasteiger partial charge in [0.2, 0.25) is 5.88 Å². The van der Waals surface area contributed by atoms with Crippen molar-refractivity contribution in [2.45, 2.75) is 26.9 Å². The van der Waals surface area contributed by atoms with Crippen LogP contribution in [0.25, 0.3) is 4.96 Å². The van der Waals surface area contributed by atoms with Crippen LogP contribution < -0.4 is 10.1 Å². The number of aryl methyl sites for hydroxylation is 2. The highest BCUT2D eigenvalue weighted by Crippen LogP contribution is 2.23. The van der Waals surface area contributed by atoms with Crippen molar-refractivity contribution >= 4 is 16.3 Å². The average molecular weight is 292 g/mol. The Morgan fingerprint density at radius 1 is 1.40 bits per heavy atom. The summed E-state index contributed by atoms with van der Waals surface area (Å²) < 4.78 is 12.5. The average Bonchev–Trinajstić information content (AvgIpc) is 3.09. The maximum absolute atomic E-state index is 5.33. The summed E-state index contributed by atoms with van der Waals surface area (Å²) >= 11 is 1.59. The van der Waals surface area contributed by atoms with Gasteiger partial charge in [-0.05, 0) is 13.8 Å². The molecule has 0 saturated heterocycles. The van der Waals surface area contributed by atoms with Gasteiger partial charge in [-0.2, -0.15) is 4.98 Å². The van der Waals surface area contributed by atoms with E-state index >= 15 is 0 Å². The van der Waals surface area contributed by atoms with Crippen LogP contribution >= 0.6 is 11.3 Å². The largest absolute Gasteiger partial charge is 0.480 e. The van der Waals surface area contributed by atoms with Gasteiger partial charge in [0, 0.05) is 30.2 Å². The van der Waals surface area contributed by atoms with Gasteiger partial charge in [0.15, 0.2) is 4.96 Å². The molecule has 0 fully saturated rings. The van der Waals surface area contributed by atoms with Gasteiger partial charge in [0.25, 0.3) is 0 Å². The fourth-order valence-electron chi connectivity index (χ4n) is 2.20. The molecule has 20 heavy (non-hydrogen) atoms. The van der Waals surface area contributed by atoms with Gasteiger partial charge < -0.3 is 14.6 Å². The van der Waals surface area contributed by atoms with E-state index in [1.165, 1.54) is 0 Å². The highest BCUT2D eigenvalue weighted by atomic mass is 32.1. The Labute approximate surface area is 120 Å². The zero-order valence-electron chi connectivity index (χ0n) is 11.6. The molecule has 7 heteroatoms. The number of aromatic nitrogens is 3. The molecule has 3 aromatic rings. The van der Waals surface area contributed by atoms with E-state index in [9.17, 15) is 0 Å². The standard InChI is InChI=1S/C13H16N4O2S/c1-8-10(9(2)19-16-8)6-14-7-11-12(18-3)15-13-17(11)4-5-20-13/h4-5,14H,6-7H2,1-3H3. The van der Waals surface area contributed by atoms with Crippen LogP contribution in [0.4, 0.5) is 0 Å². The Balaban J connectivity index is 1.75. The molecule has 0 aromatic carbocycles. The molecule has 0 radical (unpaired) electrons. The van der Waals surface area contributed by atoms with E-state index in [2.05, 4.69) is 15.5 Å². The van der Waals surface area contributed by atoms with Gasteiger partial charge in [-0.15, -0.1) is 11.3 Å². The number of rotatable bonds is 5. The second kappa shape index (κ2) is 5.26. The summed E-state index contributed by atoms with van der Waals surface area (Å²) in [4.78, 5) is 5.37. The quantitative estimate of drug-likeness (QED) is 0.781. The summed E-state index contributed by atoms with van der Waals surface area (Å²) in [7, 11) is 1.64. The molecule has 0 aliphatic carbocycles. The summed E-state index contributed by atoms with van der Waals surface area (Å²) in [6.45, 7) is 5.25. The molecule has 3 aromatic heterocycles. The van der Waals surface area contributed by atoms with Crippen molar-refractivity contribution < 1.29 is 9.26 Å². The van der Waals surface area contributed by atoms with Crippen molar-refractivity contribution in [3.63, 3.8) is 0 Å². The van der Waals surface area contributed by atoms with Gasteiger partial charge in [-0.3, -0.25) is 4.40 Å². The topological polar surface area (TPSA) is 64.6 Å². The number of hydrogen-bond donors (Lipinski definition) is 1. The predicted octanol–water partition coefficient (Wildman–Crippen LogP) is 2.30. The molecule has 0 bridgehead atoms. The molecule has 3 heterocycles. The van der Waals surface area contributed by atoms with Gasteiger partial charge >= 0.3 is 0 Å². The SMILES string of the molecule is COc1nc2sccn2c1CNCc1c(C)noc1C. The van der Waals surface area contributed by atoms with Gasteiger partial charge in [-0.1, -0.05) is 5.16 Å². The van der Waals surface area contributed by atoms with E-state index in [-0.39, 0.29) is 0 Å². The summed E-state index contributed by atoms with van der Waals surface area (Å²) in [5.74, 6) is 1.53. The molecule has 106 valence electrons. The number of ether oxygens (including phenoxy) is 1. The molecule has 0 unspecified atom stereocenters. The van der Waals surface area contributed by atoms with Crippen molar-refractivity contribution in [2.24, 2.45) is 0 Å². The molecule has 0 amide bonds. The number of methoxy groups -OCH3 is 1. The zero-order chi connectivity index (χ0) is 14.1. The lowest BCUT2D eigenvalue weighted by molar-refractivity contribution is 0.390. The van der Waals surface area contributed by atoms with Gasteiger partial charge in [-0.25, -0.2) is 0 Å². The van der Waals surface area contributed by atoms with Crippen molar-refractivity contribution in [2.75, 3.05) is 7.11 Å².